The molecule has 7 heteroatoms. The van der Waals surface area contributed by atoms with Crippen LogP contribution in [0.25, 0.3) is 11.5 Å². The summed E-state index contributed by atoms with van der Waals surface area (Å²) in [6.07, 6.45) is 2.90. The lowest BCUT2D eigenvalue weighted by Gasteiger charge is -2.24. The molecule has 0 unspecified atom stereocenters. The van der Waals surface area contributed by atoms with Crippen molar-refractivity contribution in [2.45, 2.75) is 0 Å². The minimum absolute atomic E-state index is 0.0228. The number of hydrogen-bond acceptors (Lipinski definition) is 7. The van der Waals surface area contributed by atoms with Gasteiger partial charge in [0.15, 0.2) is 0 Å². The number of nitrogens with zero attached hydrogens (tertiary/aromatic N) is 4. The largest absolute Gasteiger partial charge is 0.505 e. The predicted molar refractivity (Wildman–Crippen MR) is 62.2 cm³/mol. The van der Waals surface area contributed by atoms with E-state index in [0.717, 1.165) is 13.1 Å². The zero-order valence-corrected chi connectivity index (χ0v) is 9.61. The molecular formula is C11H12N4O3. The van der Waals surface area contributed by atoms with E-state index in [1.165, 1.54) is 6.20 Å². The average Bonchev–Trinajstić information content (AvgIpc) is 2.90. The molecule has 1 aliphatic heterocycles. The Hall–Kier alpha value is -2.15. The highest BCUT2D eigenvalue weighted by Crippen LogP contribution is 2.27. The Morgan fingerprint density at radius 2 is 2.11 bits per heavy atom. The van der Waals surface area contributed by atoms with Gasteiger partial charge in [-0.2, -0.15) is 4.98 Å². The smallest absolute Gasteiger partial charge is 0.266 e. The molecule has 2 aromatic rings. The first-order chi connectivity index (χ1) is 8.84. The summed E-state index contributed by atoms with van der Waals surface area (Å²) in [6, 6.07) is 1.63. The summed E-state index contributed by atoms with van der Waals surface area (Å²) in [7, 11) is 0. The van der Waals surface area contributed by atoms with Gasteiger partial charge >= 0.3 is 0 Å². The number of rotatable bonds is 2. The molecule has 0 aromatic carbocycles. The molecule has 1 N–H and O–H groups in total. The monoisotopic (exact) mass is 248 g/mol. The first-order valence-corrected chi connectivity index (χ1v) is 5.64. The summed E-state index contributed by atoms with van der Waals surface area (Å²) in [5, 5.41) is 13.6. The molecule has 94 valence electrons. The third-order valence-corrected chi connectivity index (χ3v) is 2.74. The van der Waals surface area contributed by atoms with E-state index in [-0.39, 0.29) is 11.6 Å². The highest BCUT2D eigenvalue weighted by molar-refractivity contribution is 5.61. The van der Waals surface area contributed by atoms with Crippen LogP contribution in [0.5, 0.6) is 5.75 Å². The van der Waals surface area contributed by atoms with Gasteiger partial charge in [0.1, 0.15) is 5.75 Å². The number of aromatic hydroxyl groups is 1. The summed E-state index contributed by atoms with van der Waals surface area (Å²) in [6.45, 7) is 2.79. The molecule has 3 heterocycles. The van der Waals surface area contributed by atoms with Gasteiger partial charge in [0.25, 0.3) is 11.8 Å². The van der Waals surface area contributed by atoms with Crippen LogP contribution in [0.4, 0.5) is 5.95 Å². The van der Waals surface area contributed by atoms with E-state index >= 15 is 0 Å². The molecule has 0 atom stereocenters. The van der Waals surface area contributed by atoms with Gasteiger partial charge in [0.2, 0.25) is 0 Å². The molecule has 1 saturated heterocycles. The van der Waals surface area contributed by atoms with Crippen molar-refractivity contribution >= 4 is 5.95 Å². The van der Waals surface area contributed by atoms with Crippen LogP contribution in [0.2, 0.25) is 0 Å². The number of anilines is 1. The first kappa shape index (κ1) is 11.0. The lowest BCUT2D eigenvalue weighted by Crippen LogP contribution is -2.36. The summed E-state index contributed by atoms with van der Waals surface area (Å²) in [5.74, 6) is 0.829. The third kappa shape index (κ3) is 2.00. The van der Waals surface area contributed by atoms with E-state index in [1.807, 2.05) is 4.90 Å². The highest BCUT2D eigenvalue weighted by atomic mass is 16.5. The van der Waals surface area contributed by atoms with Crippen molar-refractivity contribution in [1.29, 1.82) is 0 Å². The van der Waals surface area contributed by atoms with Crippen molar-refractivity contribution in [1.82, 2.24) is 15.1 Å². The van der Waals surface area contributed by atoms with E-state index in [0.29, 0.717) is 24.7 Å². The molecule has 0 saturated carbocycles. The normalized spacial score (nSPS) is 15.9. The standard InChI is InChI=1S/C11H12N4O3/c16-9-7-12-2-1-8(9)10-13-11(14-18-10)15-3-5-17-6-4-15/h1-2,7,16H,3-6H2. The highest BCUT2D eigenvalue weighted by Gasteiger charge is 2.19. The molecule has 0 amide bonds. The van der Waals surface area contributed by atoms with E-state index in [1.54, 1.807) is 12.3 Å². The molecule has 3 rings (SSSR count). The van der Waals surface area contributed by atoms with Crippen LogP contribution in [0.1, 0.15) is 0 Å². The lowest BCUT2D eigenvalue weighted by molar-refractivity contribution is 0.121. The fourth-order valence-corrected chi connectivity index (χ4v) is 1.78. The van der Waals surface area contributed by atoms with Crippen LogP contribution < -0.4 is 4.90 Å². The number of ether oxygens (including phenoxy) is 1. The third-order valence-electron chi connectivity index (χ3n) is 2.74. The van der Waals surface area contributed by atoms with Crippen LogP contribution in [-0.4, -0.2) is 46.5 Å². The lowest BCUT2D eigenvalue weighted by atomic mass is 10.2. The maximum atomic E-state index is 9.66. The van der Waals surface area contributed by atoms with Crippen molar-refractivity contribution in [2.24, 2.45) is 0 Å². The Morgan fingerprint density at radius 3 is 2.89 bits per heavy atom. The second kappa shape index (κ2) is 4.61. The summed E-state index contributed by atoms with van der Waals surface area (Å²) in [4.78, 5) is 10.1. The summed E-state index contributed by atoms with van der Waals surface area (Å²) >= 11 is 0. The number of pyridine rings is 1. The van der Waals surface area contributed by atoms with Crippen molar-refractivity contribution in [3.8, 4) is 17.2 Å². The molecule has 18 heavy (non-hydrogen) atoms. The van der Waals surface area contributed by atoms with Crippen molar-refractivity contribution in [2.75, 3.05) is 31.2 Å². The predicted octanol–water partition coefficient (Wildman–Crippen LogP) is 0.674. The van der Waals surface area contributed by atoms with Gasteiger partial charge in [-0.05, 0) is 11.2 Å². The van der Waals surface area contributed by atoms with Crippen molar-refractivity contribution < 1.29 is 14.4 Å². The quantitative estimate of drug-likeness (QED) is 0.836. The molecule has 0 radical (unpaired) electrons. The Balaban J connectivity index is 1.87. The van der Waals surface area contributed by atoms with Crippen molar-refractivity contribution in [3.63, 3.8) is 0 Å². The van der Waals surface area contributed by atoms with Crippen LogP contribution in [0, 0.1) is 0 Å². The van der Waals surface area contributed by atoms with Gasteiger partial charge in [0.05, 0.1) is 25.0 Å². The summed E-state index contributed by atoms with van der Waals surface area (Å²) in [5.41, 5.74) is 0.483. The zero-order valence-electron chi connectivity index (χ0n) is 9.61. The second-order valence-electron chi connectivity index (χ2n) is 3.89. The fraction of sp³-hybridized carbons (Fsp3) is 0.364. The Labute approximate surface area is 103 Å². The maximum Gasteiger partial charge on any atom is 0.266 e. The van der Waals surface area contributed by atoms with Crippen molar-refractivity contribution in [3.05, 3.63) is 18.5 Å². The number of hydrogen-bond donors (Lipinski definition) is 1. The number of morpholine rings is 1. The minimum Gasteiger partial charge on any atom is -0.505 e. The number of aromatic nitrogens is 3. The Kier molecular flexibility index (Phi) is 2.81. The first-order valence-electron chi connectivity index (χ1n) is 5.64. The van der Waals surface area contributed by atoms with Gasteiger partial charge in [-0.25, -0.2) is 0 Å². The van der Waals surface area contributed by atoms with Crippen LogP contribution in [-0.2, 0) is 4.74 Å². The molecule has 0 aliphatic carbocycles. The van der Waals surface area contributed by atoms with E-state index in [4.69, 9.17) is 9.26 Å². The van der Waals surface area contributed by atoms with Gasteiger partial charge in [-0.3, -0.25) is 4.98 Å². The van der Waals surface area contributed by atoms with Gasteiger partial charge in [0, 0.05) is 19.3 Å². The second-order valence-corrected chi connectivity index (χ2v) is 3.89. The fourth-order valence-electron chi connectivity index (χ4n) is 1.78. The molecule has 7 nitrogen and oxygen atoms in total. The van der Waals surface area contributed by atoms with E-state index in [2.05, 4.69) is 15.1 Å². The zero-order chi connectivity index (χ0) is 12.4. The minimum atomic E-state index is 0.0228. The van der Waals surface area contributed by atoms with Gasteiger partial charge < -0.3 is 19.3 Å². The molecular weight excluding hydrogens is 236 g/mol. The molecule has 1 fully saturated rings. The Morgan fingerprint density at radius 1 is 1.28 bits per heavy atom. The summed E-state index contributed by atoms with van der Waals surface area (Å²) < 4.78 is 10.4. The SMILES string of the molecule is Oc1cnccc1-c1nc(N2CCOCC2)no1. The maximum absolute atomic E-state index is 9.66. The molecule has 1 aliphatic rings. The Bertz CT molecular complexity index is 537. The van der Waals surface area contributed by atoms with Crippen LogP contribution in [0.3, 0.4) is 0 Å². The molecule has 0 spiro atoms. The van der Waals surface area contributed by atoms with Crippen LogP contribution in [0.15, 0.2) is 23.0 Å². The van der Waals surface area contributed by atoms with E-state index < -0.39 is 0 Å². The molecule has 0 bridgehead atoms. The topological polar surface area (TPSA) is 84.5 Å². The van der Waals surface area contributed by atoms with Gasteiger partial charge in [-0.1, -0.05) is 0 Å². The van der Waals surface area contributed by atoms with Crippen LogP contribution >= 0.6 is 0 Å². The van der Waals surface area contributed by atoms with Gasteiger partial charge in [-0.15, -0.1) is 0 Å². The molecule has 2 aromatic heterocycles. The van der Waals surface area contributed by atoms with E-state index in [9.17, 15) is 5.11 Å². The average molecular weight is 248 g/mol.